The highest BCUT2D eigenvalue weighted by Gasteiger charge is 2.17. The molecular formula is C20H14ClNO5. The van der Waals surface area contributed by atoms with Crippen LogP contribution in [-0.2, 0) is 6.61 Å². The van der Waals surface area contributed by atoms with E-state index in [2.05, 4.69) is 0 Å². The van der Waals surface area contributed by atoms with Crippen LogP contribution in [0.4, 0.5) is 5.69 Å². The van der Waals surface area contributed by atoms with E-state index in [0.29, 0.717) is 22.3 Å². The second-order valence-corrected chi connectivity index (χ2v) is 5.96. The predicted octanol–water partition coefficient (Wildman–Crippen LogP) is 5.32. The van der Waals surface area contributed by atoms with Crippen LogP contribution >= 0.6 is 11.6 Å². The van der Waals surface area contributed by atoms with Crippen LogP contribution in [-0.4, -0.2) is 10.7 Å². The van der Waals surface area contributed by atoms with Gasteiger partial charge in [-0.25, -0.2) is 0 Å². The number of hydrogen-bond donors (Lipinski definition) is 0. The lowest BCUT2D eigenvalue weighted by Crippen LogP contribution is -2.00. The summed E-state index contributed by atoms with van der Waals surface area (Å²) in [7, 11) is 0. The fourth-order valence-corrected chi connectivity index (χ4v) is 2.54. The van der Waals surface area contributed by atoms with Crippen molar-refractivity contribution in [3.8, 4) is 5.75 Å². The molecule has 0 saturated heterocycles. The summed E-state index contributed by atoms with van der Waals surface area (Å²) in [5.74, 6) is 1.14. The van der Waals surface area contributed by atoms with Gasteiger partial charge in [0.25, 0.3) is 5.69 Å². The molecule has 0 atom stereocenters. The molecule has 0 radical (unpaired) electrons. The van der Waals surface area contributed by atoms with Gasteiger partial charge < -0.3 is 9.15 Å². The number of ether oxygens (including phenoxy) is 1. The summed E-state index contributed by atoms with van der Waals surface area (Å²) in [6.45, 7) is 0.201. The molecule has 0 aliphatic rings. The molecule has 3 rings (SSSR count). The topological polar surface area (TPSA) is 82.6 Å². The SMILES string of the molecule is O=C(/C=C/c1ccc(COc2cccc(Cl)c2)o1)c1ccccc1[N+](=O)[O-]. The maximum absolute atomic E-state index is 12.2. The number of rotatable bonds is 7. The number of para-hydroxylation sites is 1. The molecule has 0 fully saturated rings. The molecule has 27 heavy (non-hydrogen) atoms. The average molecular weight is 384 g/mol. The highest BCUT2D eigenvalue weighted by Crippen LogP contribution is 2.21. The Morgan fingerprint density at radius 2 is 1.96 bits per heavy atom. The first kappa shape index (κ1) is 18.4. The lowest BCUT2D eigenvalue weighted by molar-refractivity contribution is -0.385. The van der Waals surface area contributed by atoms with Gasteiger partial charge >= 0.3 is 0 Å². The Morgan fingerprint density at radius 3 is 2.74 bits per heavy atom. The third-order valence-corrected chi connectivity index (χ3v) is 3.86. The largest absolute Gasteiger partial charge is 0.486 e. The molecule has 0 unspecified atom stereocenters. The predicted molar refractivity (Wildman–Crippen MR) is 101 cm³/mol. The molecule has 0 saturated carbocycles. The van der Waals surface area contributed by atoms with Crippen LogP contribution in [0.25, 0.3) is 6.08 Å². The highest BCUT2D eigenvalue weighted by molar-refractivity contribution is 6.30. The minimum absolute atomic E-state index is 0.0230. The number of furan rings is 1. The van der Waals surface area contributed by atoms with Gasteiger partial charge in [0, 0.05) is 11.1 Å². The number of allylic oxidation sites excluding steroid dienone is 1. The first-order chi connectivity index (χ1) is 13.0. The van der Waals surface area contributed by atoms with Gasteiger partial charge in [-0.1, -0.05) is 29.8 Å². The molecule has 3 aromatic rings. The molecule has 0 spiro atoms. The average Bonchev–Trinajstić information content (AvgIpc) is 3.12. The third-order valence-electron chi connectivity index (χ3n) is 3.62. The van der Waals surface area contributed by atoms with Crippen molar-refractivity contribution in [2.75, 3.05) is 0 Å². The summed E-state index contributed by atoms with van der Waals surface area (Å²) in [6, 6.07) is 16.2. The summed E-state index contributed by atoms with van der Waals surface area (Å²) in [5, 5.41) is 11.6. The van der Waals surface area contributed by atoms with E-state index in [1.54, 1.807) is 42.5 Å². The molecule has 0 bridgehead atoms. The summed E-state index contributed by atoms with van der Waals surface area (Å²) < 4.78 is 11.1. The van der Waals surface area contributed by atoms with Crippen molar-refractivity contribution in [1.82, 2.24) is 0 Å². The maximum atomic E-state index is 12.2. The normalized spacial score (nSPS) is 10.9. The van der Waals surface area contributed by atoms with E-state index in [9.17, 15) is 14.9 Å². The Hall–Kier alpha value is -3.38. The van der Waals surface area contributed by atoms with E-state index >= 15 is 0 Å². The second kappa shape index (κ2) is 8.33. The first-order valence-corrected chi connectivity index (χ1v) is 8.33. The number of carbonyl (C=O) groups excluding carboxylic acids is 1. The van der Waals surface area contributed by atoms with Crippen molar-refractivity contribution in [3.63, 3.8) is 0 Å². The minimum Gasteiger partial charge on any atom is -0.486 e. The number of nitrogens with zero attached hydrogens (tertiary/aromatic N) is 1. The summed E-state index contributed by atoms with van der Waals surface area (Å²) in [5.41, 5.74) is -0.211. The van der Waals surface area contributed by atoms with Crippen molar-refractivity contribution < 1.29 is 18.9 Å². The number of nitro benzene ring substituents is 1. The number of carbonyl (C=O) groups is 1. The van der Waals surface area contributed by atoms with Crippen LogP contribution in [0.2, 0.25) is 5.02 Å². The van der Waals surface area contributed by atoms with Crippen molar-refractivity contribution in [2.24, 2.45) is 0 Å². The number of benzene rings is 2. The Balaban J connectivity index is 1.65. The molecule has 0 amide bonds. The van der Waals surface area contributed by atoms with Gasteiger partial charge in [-0.05, 0) is 48.6 Å². The van der Waals surface area contributed by atoms with Gasteiger partial charge in [-0.2, -0.15) is 0 Å². The molecule has 0 aliphatic heterocycles. The monoisotopic (exact) mass is 383 g/mol. The van der Waals surface area contributed by atoms with Crippen LogP contribution in [0.3, 0.4) is 0 Å². The number of hydrogen-bond acceptors (Lipinski definition) is 5. The summed E-state index contributed by atoms with van der Waals surface area (Å²) in [6.07, 6.45) is 2.70. The van der Waals surface area contributed by atoms with Gasteiger partial charge in [0.15, 0.2) is 5.78 Å². The molecule has 1 aromatic heterocycles. The van der Waals surface area contributed by atoms with Crippen molar-refractivity contribution in [3.05, 3.63) is 99.0 Å². The zero-order valence-electron chi connectivity index (χ0n) is 14.0. The van der Waals surface area contributed by atoms with Crippen molar-refractivity contribution in [2.45, 2.75) is 6.61 Å². The standard InChI is InChI=1S/C20H14ClNO5/c21-14-4-3-5-16(12-14)26-13-17-9-8-15(27-17)10-11-20(23)18-6-1-2-7-19(18)22(24)25/h1-12H,13H2/b11-10+. The molecule has 7 heteroatoms. The number of halogens is 1. The van der Waals surface area contributed by atoms with E-state index in [1.165, 1.54) is 30.4 Å². The van der Waals surface area contributed by atoms with E-state index < -0.39 is 10.7 Å². The van der Waals surface area contributed by atoms with E-state index in [1.807, 2.05) is 0 Å². The summed E-state index contributed by atoms with van der Waals surface area (Å²) in [4.78, 5) is 22.6. The van der Waals surface area contributed by atoms with E-state index in [4.69, 9.17) is 20.8 Å². The lowest BCUT2D eigenvalue weighted by atomic mass is 10.1. The van der Waals surface area contributed by atoms with Gasteiger partial charge in [0.1, 0.15) is 23.9 Å². The first-order valence-electron chi connectivity index (χ1n) is 7.96. The molecule has 6 nitrogen and oxygen atoms in total. The fraction of sp³-hybridized carbons (Fsp3) is 0.0500. The van der Waals surface area contributed by atoms with Crippen molar-refractivity contribution >= 4 is 29.1 Å². The summed E-state index contributed by atoms with van der Waals surface area (Å²) >= 11 is 5.90. The number of ketones is 1. The van der Waals surface area contributed by atoms with E-state index in [0.717, 1.165) is 0 Å². The van der Waals surface area contributed by atoms with Gasteiger partial charge in [-0.3, -0.25) is 14.9 Å². The lowest BCUT2D eigenvalue weighted by Gasteiger charge is -2.03. The second-order valence-electron chi connectivity index (χ2n) is 5.52. The van der Waals surface area contributed by atoms with Crippen LogP contribution < -0.4 is 4.74 Å². The van der Waals surface area contributed by atoms with Gasteiger partial charge in [0.2, 0.25) is 0 Å². The van der Waals surface area contributed by atoms with E-state index in [-0.39, 0.29) is 17.9 Å². The Bertz CT molecular complexity index is 1010. The smallest absolute Gasteiger partial charge is 0.280 e. The molecular weight excluding hydrogens is 370 g/mol. The Labute approximate surface area is 159 Å². The highest BCUT2D eigenvalue weighted by atomic mass is 35.5. The quantitative estimate of drug-likeness (QED) is 0.239. The van der Waals surface area contributed by atoms with Gasteiger partial charge in [-0.15, -0.1) is 0 Å². The van der Waals surface area contributed by atoms with Crippen LogP contribution in [0.5, 0.6) is 5.75 Å². The van der Waals surface area contributed by atoms with Crippen LogP contribution in [0.15, 0.2) is 71.2 Å². The van der Waals surface area contributed by atoms with Crippen molar-refractivity contribution in [1.29, 1.82) is 0 Å². The van der Waals surface area contributed by atoms with Crippen LogP contribution in [0.1, 0.15) is 21.9 Å². The maximum Gasteiger partial charge on any atom is 0.280 e. The zero-order chi connectivity index (χ0) is 19.2. The van der Waals surface area contributed by atoms with Crippen LogP contribution in [0, 0.1) is 10.1 Å². The zero-order valence-corrected chi connectivity index (χ0v) is 14.8. The molecule has 0 N–H and O–H groups in total. The molecule has 0 aliphatic carbocycles. The minimum atomic E-state index is -0.584. The third kappa shape index (κ3) is 4.83. The Kier molecular flexibility index (Phi) is 5.68. The molecule has 2 aromatic carbocycles. The number of nitro groups is 1. The fourth-order valence-electron chi connectivity index (χ4n) is 2.36. The van der Waals surface area contributed by atoms with Gasteiger partial charge in [0.05, 0.1) is 10.5 Å². The Morgan fingerprint density at radius 1 is 1.15 bits per heavy atom. The molecule has 136 valence electrons. The molecule has 1 heterocycles.